The summed E-state index contributed by atoms with van der Waals surface area (Å²) in [6.07, 6.45) is 0.449. The standard InChI is InChI=1S/C24H19Cl2N3O7/c1-14(35-18-7-5-17(6-8-18)29(32)33)23(30)28-27-13-15-3-10-21(22(11-15)34-2)36-24(31)16-4-9-19(25)20(26)12-16/h3-14H,1-2H3,(H,28,30)/b27-13-/t14-/m0/s1. The highest BCUT2D eigenvalue weighted by Gasteiger charge is 2.16. The van der Waals surface area contributed by atoms with Crippen molar-refractivity contribution >= 4 is 47.0 Å². The molecule has 1 N–H and O–H groups in total. The van der Waals surface area contributed by atoms with Gasteiger partial charge in [0.05, 0.1) is 33.9 Å². The normalized spacial score (nSPS) is 11.6. The summed E-state index contributed by atoms with van der Waals surface area (Å²) in [6, 6.07) is 14.4. The zero-order valence-electron chi connectivity index (χ0n) is 18.9. The summed E-state index contributed by atoms with van der Waals surface area (Å²) in [5.41, 5.74) is 3.02. The summed E-state index contributed by atoms with van der Waals surface area (Å²) in [4.78, 5) is 34.8. The first-order valence-corrected chi connectivity index (χ1v) is 11.0. The van der Waals surface area contributed by atoms with Crippen LogP contribution >= 0.6 is 23.2 Å². The molecule has 12 heteroatoms. The Morgan fingerprint density at radius 3 is 2.39 bits per heavy atom. The number of nitrogens with zero attached hydrogens (tertiary/aromatic N) is 2. The van der Waals surface area contributed by atoms with Gasteiger partial charge in [-0.3, -0.25) is 14.9 Å². The number of carbonyl (C=O) groups excluding carboxylic acids is 2. The fraction of sp³-hybridized carbons (Fsp3) is 0.125. The van der Waals surface area contributed by atoms with Crippen molar-refractivity contribution in [3.05, 3.63) is 92.0 Å². The fourth-order valence-electron chi connectivity index (χ4n) is 2.80. The van der Waals surface area contributed by atoms with Crippen LogP contribution < -0.4 is 19.6 Å². The molecule has 10 nitrogen and oxygen atoms in total. The Morgan fingerprint density at radius 1 is 1.03 bits per heavy atom. The van der Waals surface area contributed by atoms with Gasteiger partial charge < -0.3 is 14.2 Å². The lowest BCUT2D eigenvalue weighted by Crippen LogP contribution is -2.33. The van der Waals surface area contributed by atoms with Crippen molar-refractivity contribution in [2.75, 3.05) is 7.11 Å². The number of halogens is 2. The molecule has 0 bridgehead atoms. The van der Waals surface area contributed by atoms with Crippen molar-refractivity contribution in [3.63, 3.8) is 0 Å². The van der Waals surface area contributed by atoms with Crippen LogP contribution in [0.25, 0.3) is 0 Å². The second-order valence-electron chi connectivity index (χ2n) is 7.17. The summed E-state index contributed by atoms with van der Waals surface area (Å²) >= 11 is 11.8. The summed E-state index contributed by atoms with van der Waals surface area (Å²) in [5.74, 6) is -0.470. The Balaban J connectivity index is 1.59. The predicted octanol–water partition coefficient (Wildman–Crippen LogP) is 5.05. The highest BCUT2D eigenvalue weighted by atomic mass is 35.5. The van der Waals surface area contributed by atoms with Crippen LogP contribution in [0.4, 0.5) is 5.69 Å². The van der Waals surface area contributed by atoms with E-state index in [1.54, 1.807) is 12.1 Å². The van der Waals surface area contributed by atoms with Crippen molar-refractivity contribution in [2.45, 2.75) is 13.0 Å². The number of rotatable bonds is 9. The first-order chi connectivity index (χ1) is 17.2. The first kappa shape index (κ1) is 26.5. The molecule has 0 aromatic heterocycles. The third-order valence-electron chi connectivity index (χ3n) is 4.66. The molecule has 0 aliphatic heterocycles. The van der Waals surface area contributed by atoms with E-state index in [0.29, 0.717) is 16.3 Å². The van der Waals surface area contributed by atoms with E-state index < -0.39 is 22.9 Å². The monoisotopic (exact) mass is 531 g/mol. The molecule has 0 heterocycles. The van der Waals surface area contributed by atoms with Gasteiger partial charge in [-0.15, -0.1) is 0 Å². The summed E-state index contributed by atoms with van der Waals surface area (Å²) in [7, 11) is 1.41. The van der Waals surface area contributed by atoms with Crippen molar-refractivity contribution < 1.29 is 28.7 Å². The van der Waals surface area contributed by atoms with Gasteiger partial charge >= 0.3 is 5.97 Å². The molecule has 3 aromatic rings. The molecule has 36 heavy (non-hydrogen) atoms. The van der Waals surface area contributed by atoms with Gasteiger partial charge in [0.1, 0.15) is 5.75 Å². The van der Waals surface area contributed by atoms with Crippen molar-refractivity contribution in [1.29, 1.82) is 0 Å². The van der Waals surface area contributed by atoms with Gasteiger partial charge in [0.25, 0.3) is 11.6 Å². The molecule has 0 saturated heterocycles. The van der Waals surface area contributed by atoms with Gasteiger partial charge in [-0.1, -0.05) is 23.2 Å². The maximum atomic E-state index is 12.4. The molecule has 0 aliphatic carbocycles. The first-order valence-electron chi connectivity index (χ1n) is 10.3. The number of ether oxygens (including phenoxy) is 3. The van der Waals surface area contributed by atoms with E-state index in [4.69, 9.17) is 37.4 Å². The fourth-order valence-corrected chi connectivity index (χ4v) is 3.09. The quantitative estimate of drug-likeness (QED) is 0.134. The van der Waals surface area contributed by atoms with Gasteiger partial charge in [-0.05, 0) is 61.0 Å². The van der Waals surface area contributed by atoms with E-state index in [2.05, 4.69) is 10.5 Å². The number of benzene rings is 3. The number of nitro benzene ring substituents is 1. The number of hydrogen-bond acceptors (Lipinski definition) is 8. The number of esters is 1. The zero-order chi connectivity index (χ0) is 26.2. The third-order valence-corrected chi connectivity index (χ3v) is 5.40. The maximum Gasteiger partial charge on any atom is 0.343 e. The number of carbonyl (C=O) groups is 2. The molecule has 1 amide bonds. The molecule has 1 atom stereocenters. The minimum absolute atomic E-state index is 0.0883. The van der Waals surface area contributed by atoms with Crippen LogP contribution in [0.5, 0.6) is 17.2 Å². The van der Waals surface area contributed by atoms with Crippen molar-refractivity contribution in [1.82, 2.24) is 5.43 Å². The molecule has 3 aromatic carbocycles. The number of hydrogen-bond donors (Lipinski definition) is 1. The molecule has 0 unspecified atom stereocenters. The Labute approximate surface area is 215 Å². The maximum absolute atomic E-state index is 12.4. The van der Waals surface area contributed by atoms with Crippen molar-refractivity contribution in [2.24, 2.45) is 5.10 Å². The van der Waals surface area contributed by atoms with Crippen LogP contribution in [0.15, 0.2) is 65.8 Å². The van der Waals surface area contributed by atoms with Crippen LogP contribution in [-0.4, -0.2) is 36.2 Å². The summed E-state index contributed by atoms with van der Waals surface area (Å²) < 4.78 is 16.1. The molecular formula is C24H19Cl2N3O7. The SMILES string of the molecule is COc1cc(/C=N\NC(=O)[C@H](C)Oc2ccc([N+](=O)[O-])cc2)ccc1OC(=O)c1ccc(Cl)c(Cl)c1. The number of nitro groups is 1. The van der Waals surface area contributed by atoms with E-state index in [0.717, 1.165) is 0 Å². The van der Waals surface area contributed by atoms with Gasteiger partial charge in [0.2, 0.25) is 0 Å². The van der Waals surface area contributed by atoms with Crippen LogP contribution in [0.2, 0.25) is 10.0 Å². The van der Waals surface area contributed by atoms with Crippen LogP contribution in [-0.2, 0) is 4.79 Å². The van der Waals surface area contributed by atoms with Gasteiger partial charge in [-0.25, -0.2) is 10.2 Å². The van der Waals surface area contributed by atoms with Crippen LogP contribution in [0, 0.1) is 10.1 Å². The molecule has 0 radical (unpaired) electrons. The Bertz CT molecular complexity index is 1310. The summed E-state index contributed by atoms with van der Waals surface area (Å²) in [6.45, 7) is 1.51. The lowest BCUT2D eigenvalue weighted by atomic mass is 10.2. The van der Waals surface area contributed by atoms with E-state index in [1.807, 2.05) is 0 Å². The minimum atomic E-state index is -0.915. The largest absolute Gasteiger partial charge is 0.493 e. The zero-order valence-corrected chi connectivity index (χ0v) is 20.4. The molecule has 3 rings (SSSR count). The highest BCUT2D eigenvalue weighted by Crippen LogP contribution is 2.29. The Kier molecular flexibility index (Phi) is 8.82. The average Bonchev–Trinajstić information content (AvgIpc) is 2.86. The Hall–Kier alpha value is -4.15. The minimum Gasteiger partial charge on any atom is -0.493 e. The molecular weight excluding hydrogens is 513 g/mol. The smallest absolute Gasteiger partial charge is 0.343 e. The van der Waals surface area contributed by atoms with E-state index in [1.165, 1.54) is 68.8 Å². The second-order valence-corrected chi connectivity index (χ2v) is 7.99. The number of amides is 1. The van der Waals surface area contributed by atoms with Crippen molar-refractivity contribution in [3.8, 4) is 17.2 Å². The molecule has 186 valence electrons. The molecule has 0 aliphatic rings. The molecule has 0 fully saturated rings. The number of nitrogens with one attached hydrogen (secondary N) is 1. The van der Waals surface area contributed by atoms with E-state index in [9.17, 15) is 19.7 Å². The average molecular weight is 532 g/mol. The van der Waals surface area contributed by atoms with Gasteiger partial charge in [0.15, 0.2) is 17.6 Å². The Morgan fingerprint density at radius 2 is 1.75 bits per heavy atom. The highest BCUT2D eigenvalue weighted by molar-refractivity contribution is 6.42. The summed E-state index contributed by atoms with van der Waals surface area (Å²) in [5, 5.41) is 15.1. The molecule has 0 spiro atoms. The topological polar surface area (TPSA) is 129 Å². The van der Waals surface area contributed by atoms with E-state index in [-0.39, 0.29) is 27.8 Å². The number of non-ortho nitro benzene ring substituents is 1. The van der Waals surface area contributed by atoms with Gasteiger partial charge in [0, 0.05) is 12.1 Å². The predicted molar refractivity (Wildman–Crippen MR) is 133 cm³/mol. The molecule has 0 saturated carbocycles. The van der Waals surface area contributed by atoms with Crippen LogP contribution in [0.3, 0.4) is 0 Å². The lowest BCUT2D eigenvalue weighted by Gasteiger charge is -2.12. The van der Waals surface area contributed by atoms with Crippen LogP contribution in [0.1, 0.15) is 22.8 Å². The lowest BCUT2D eigenvalue weighted by molar-refractivity contribution is -0.384. The van der Waals surface area contributed by atoms with E-state index >= 15 is 0 Å². The third kappa shape index (κ3) is 6.94. The van der Waals surface area contributed by atoms with Gasteiger partial charge in [-0.2, -0.15) is 5.10 Å². The number of hydrazone groups is 1. The second kappa shape index (κ2) is 12.0. The number of methoxy groups -OCH3 is 1.